The molecule has 3 aliphatic rings. The molecule has 2 aliphatic heterocycles. The first-order chi connectivity index (χ1) is 11.3. The average Bonchev–Trinajstić information content (AvgIpc) is 3.02. The molecule has 2 heterocycles. The Bertz CT molecular complexity index is 577. The number of anilines is 1. The van der Waals surface area contributed by atoms with Crippen molar-refractivity contribution in [2.75, 3.05) is 37.6 Å². The van der Waals surface area contributed by atoms with Crippen LogP contribution in [-0.4, -0.2) is 49.1 Å². The number of piperazine rings is 1. The summed E-state index contributed by atoms with van der Waals surface area (Å²) in [5.74, 6) is 0.279. The Morgan fingerprint density at radius 1 is 1.12 bits per heavy atom. The maximum atomic E-state index is 13.0. The predicted molar refractivity (Wildman–Crippen MR) is 100 cm³/mol. The summed E-state index contributed by atoms with van der Waals surface area (Å²) >= 11 is 0. The largest absolute Gasteiger partial charge is 0.314 e. The number of nitrogens with zero attached hydrogens (tertiary/aromatic N) is 2. The predicted octanol–water partition coefficient (Wildman–Crippen LogP) is 2.61. The minimum absolute atomic E-state index is 0. The normalized spacial score (nSPS) is 22.9. The van der Waals surface area contributed by atoms with Gasteiger partial charge in [0.05, 0.1) is 6.54 Å². The van der Waals surface area contributed by atoms with Crippen molar-refractivity contribution in [2.24, 2.45) is 0 Å². The summed E-state index contributed by atoms with van der Waals surface area (Å²) in [6.45, 7) is 4.48. The maximum Gasteiger partial charge on any atom is 0.241 e. The van der Waals surface area contributed by atoms with Crippen LogP contribution in [0.3, 0.4) is 0 Å². The zero-order chi connectivity index (χ0) is 15.7. The summed E-state index contributed by atoms with van der Waals surface area (Å²) in [4.78, 5) is 17.5. The third-order valence-electron chi connectivity index (χ3n) is 5.98. The zero-order valence-electron chi connectivity index (χ0n) is 14.3. The number of fused-ring (bicyclic) bond motifs is 1. The number of hydrogen-bond acceptors (Lipinski definition) is 3. The first-order valence-corrected chi connectivity index (χ1v) is 9.13. The van der Waals surface area contributed by atoms with Gasteiger partial charge in [0.2, 0.25) is 5.91 Å². The maximum absolute atomic E-state index is 13.0. The second-order valence-electron chi connectivity index (χ2n) is 7.31. The van der Waals surface area contributed by atoms with Crippen LogP contribution in [0.1, 0.15) is 37.7 Å². The van der Waals surface area contributed by atoms with Crippen LogP contribution >= 0.6 is 12.4 Å². The van der Waals surface area contributed by atoms with Crippen LogP contribution in [0.5, 0.6) is 0 Å². The first-order valence-electron chi connectivity index (χ1n) is 9.13. The quantitative estimate of drug-likeness (QED) is 0.891. The number of halogens is 1. The summed E-state index contributed by atoms with van der Waals surface area (Å²) in [7, 11) is 0. The van der Waals surface area contributed by atoms with Crippen molar-refractivity contribution < 1.29 is 4.79 Å². The third-order valence-corrected chi connectivity index (χ3v) is 5.98. The van der Waals surface area contributed by atoms with Gasteiger partial charge in [-0.25, -0.2) is 0 Å². The molecule has 1 aromatic rings. The highest BCUT2D eigenvalue weighted by Gasteiger charge is 2.41. The Morgan fingerprint density at radius 2 is 1.92 bits per heavy atom. The summed E-state index contributed by atoms with van der Waals surface area (Å²) < 4.78 is 0. The van der Waals surface area contributed by atoms with Gasteiger partial charge in [-0.2, -0.15) is 0 Å². The van der Waals surface area contributed by atoms with Crippen LogP contribution in [0, 0.1) is 0 Å². The highest BCUT2D eigenvalue weighted by molar-refractivity contribution is 5.96. The van der Waals surface area contributed by atoms with Crippen LogP contribution in [0.15, 0.2) is 24.3 Å². The fraction of sp³-hybridized carbons (Fsp3) is 0.632. The van der Waals surface area contributed by atoms with E-state index >= 15 is 0 Å². The van der Waals surface area contributed by atoms with Gasteiger partial charge < -0.3 is 10.2 Å². The van der Waals surface area contributed by atoms with Crippen LogP contribution in [0.4, 0.5) is 5.69 Å². The van der Waals surface area contributed by atoms with Gasteiger partial charge in [0.25, 0.3) is 0 Å². The Morgan fingerprint density at radius 3 is 2.75 bits per heavy atom. The topological polar surface area (TPSA) is 35.6 Å². The summed E-state index contributed by atoms with van der Waals surface area (Å²) in [6, 6.07) is 8.35. The molecule has 1 N–H and O–H groups in total. The summed E-state index contributed by atoms with van der Waals surface area (Å²) in [5, 5.41) is 3.57. The van der Waals surface area contributed by atoms with E-state index in [0.717, 1.165) is 38.3 Å². The molecule has 132 valence electrons. The Balaban J connectivity index is 0.00000169. The number of benzene rings is 1. The molecule has 0 aromatic heterocycles. The molecule has 0 radical (unpaired) electrons. The van der Waals surface area contributed by atoms with E-state index in [4.69, 9.17) is 0 Å². The molecule has 1 aromatic carbocycles. The van der Waals surface area contributed by atoms with E-state index in [1.807, 2.05) is 11.0 Å². The van der Waals surface area contributed by atoms with Crippen molar-refractivity contribution in [3.63, 3.8) is 0 Å². The highest BCUT2D eigenvalue weighted by Crippen LogP contribution is 2.35. The Kier molecular flexibility index (Phi) is 5.48. The lowest BCUT2D eigenvalue weighted by Crippen LogP contribution is -2.63. The molecule has 24 heavy (non-hydrogen) atoms. The van der Waals surface area contributed by atoms with E-state index in [9.17, 15) is 4.79 Å². The van der Waals surface area contributed by atoms with Crippen LogP contribution in [0.2, 0.25) is 0 Å². The molecule has 0 unspecified atom stereocenters. The van der Waals surface area contributed by atoms with E-state index in [-0.39, 0.29) is 23.9 Å². The molecule has 1 amide bonds. The fourth-order valence-corrected chi connectivity index (χ4v) is 4.68. The third kappa shape index (κ3) is 3.19. The van der Waals surface area contributed by atoms with E-state index in [1.165, 1.54) is 37.7 Å². The Hall–Kier alpha value is -1.10. The Labute approximate surface area is 151 Å². The minimum Gasteiger partial charge on any atom is -0.314 e. The van der Waals surface area contributed by atoms with Crippen molar-refractivity contribution in [3.05, 3.63) is 29.8 Å². The molecule has 0 bridgehead atoms. The molecule has 5 heteroatoms. The van der Waals surface area contributed by atoms with Gasteiger partial charge in [0.1, 0.15) is 0 Å². The number of hydrogen-bond donors (Lipinski definition) is 1. The summed E-state index contributed by atoms with van der Waals surface area (Å²) in [5.41, 5.74) is 2.67. The lowest BCUT2D eigenvalue weighted by molar-refractivity contribution is -0.122. The number of carbonyl (C=O) groups is 1. The molecule has 2 fully saturated rings. The van der Waals surface area contributed by atoms with E-state index in [0.29, 0.717) is 6.54 Å². The summed E-state index contributed by atoms with van der Waals surface area (Å²) in [6.07, 6.45) is 7.43. The van der Waals surface area contributed by atoms with Gasteiger partial charge in [-0.1, -0.05) is 37.5 Å². The molecule has 1 saturated heterocycles. The van der Waals surface area contributed by atoms with Crippen molar-refractivity contribution in [1.29, 1.82) is 0 Å². The molecule has 1 aliphatic carbocycles. The average molecular weight is 350 g/mol. The van der Waals surface area contributed by atoms with Crippen molar-refractivity contribution in [2.45, 2.75) is 44.1 Å². The smallest absolute Gasteiger partial charge is 0.241 e. The van der Waals surface area contributed by atoms with Crippen molar-refractivity contribution >= 4 is 24.0 Å². The van der Waals surface area contributed by atoms with E-state index in [2.05, 4.69) is 28.4 Å². The van der Waals surface area contributed by atoms with Gasteiger partial charge in [0.15, 0.2) is 0 Å². The SMILES string of the molecule is Cl.O=C(CN1CCNCC12CCCCC2)N1CCc2ccccc21. The second kappa shape index (κ2) is 7.42. The second-order valence-corrected chi connectivity index (χ2v) is 7.31. The zero-order valence-corrected chi connectivity index (χ0v) is 15.1. The van der Waals surface area contributed by atoms with Crippen LogP contribution in [0.25, 0.3) is 0 Å². The highest BCUT2D eigenvalue weighted by atomic mass is 35.5. The number of carbonyl (C=O) groups excluding carboxylic acids is 1. The van der Waals surface area contributed by atoms with E-state index in [1.54, 1.807) is 0 Å². The molecule has 4 nitrogen and oxygen atoms in total. The van der Waals surface area contributed by atoms with Gasteiger partial charge in [-0.15, -0.1) is 12.4 Å². The molecule has 1 spiro atoms. The molecular weight excluding hydrogens is 322 g/mol. The lowest BCUT2D eigenvalue weighted by atomic mass is 9.79. The number of nitrogens with one attached hydrogen (secondary N) is 1. The van der Waals surface area contributed by atoms with E-state index < -0.39 is 0 Å². The van der Waals surface area contributed by atoms with Crippen molar-refractivity contribution in [3.8, 4) is 0 Å². The first kappa shape index (κ1) is 17.7. The molecule has 1 saturated carbocycles. The number of para-hydroxylation sites is 1. The fourth-order valence-electron chi connectivity index (χ4n) is 4.68. The molecular formula is C19H28ClN3O. The van der Waals surface area contributed by atoms with Crippen molar-refractivity contribution in [1.82, 2.24) is 10.2 Å². The van der Waals surface area contributed by atoms with Crippen LogP contribution < -0.4 is 10.2 Å². The molecule has 0 atom stereocenters. The molecule has 4 rings (SSSR count). The number of rotatable bonds is 2. The standard InChI is InChI=1S/C19H27N3O.ClH/c23-18(22-12-8-16-6-2-3-7-17(16)22)14-21-13-11-20-15-19(21)9-4-1-5-10-19;/h2-3,6-7,20H,1,4-5,8-15H2;1H. The minimum atomic E-state index is 0. The van der Waals surface area contributed by atoms with Gasteiger partial charge in [-0.05, 0) is 30.9 Å². The van der Waals surface area contributed by atoms with Gasteiger partial charge in [-0.3, -0.25) is 9.69 Å². The monoisotopic (exact) mass is 349 g/mol. The van der Waals surface area contributed by atoms with Gasteiger partial charge >= 0.3 is 0 Å². The number of amides is 1. The van der Waals surface area contributed by atoms with Gasteiger partial charge in [0, 0.05) is 37.4 Å². The van der Waals surface area contributed by atoms with Crippen LogP contribution in [-0.2, 0) is 11.2 Å². The lowest BCUT2D eigenvalue weighted by Gasteiger charge is -2.49.